The number of hydrogen-bond donors (Lipinski definition) is 3. The molecule has 2 aromatic rings. The van der Waals surface area contributed by atoms with Gasteiger partial charge in [0.05, 0.1) is 5.56 Å². The van der Waals surface area contributed by atoms with Crippen molar-refractivity contribution in [1.82, 2.24) is 0 Å². The molecular weight excluding hydrogens is 220 g/mol. The molecule has 0 aliphatic heterocycles. The first-order valence-corrected chi connectivity index (χ1v) is 4.85. The summed E-state index contributed by atoms with van der Waals surface area (Å²) >= 11 is 0. The van der Waals surface area contributed by atoms with Gasteiger partial charge < -0.3 is 15.3 Å². The lowest BCUT2D eigenvalue weighted by atomic mass is 10.1. The number of carbonyl (C=O) groups is 1. The van der Waals surface area contributed by atoms with Crippen molar-refractivity contribution in [3.63, 3.8) is 0 Å². The van der Waals surface area contributed by atoms with Crippen molar-refractivity contribution in [1.29, 1.82) is 0 Å². The van der Waals surface area contributed by atoms with Crippen molar-refractivity contribution >= 4 is 16.7 Å². The predicted molar refractivity (Wildman–Crippen MR) is 65.3 cm³/mol. The minimum absolute atomic E-state index is 0.359. The molecule has 0 atom stereocenters. The average molecular weight is 232 g/mol. The van der Waals surface area contributed by atoms with E-state index in [0.717, 1.165) is 10.8 Å². The van der Waals surface area contributed by atoms with Crippen molar-refractivity contribution in [2.45, 2.75) is 0 Å². The van der Waals surface area contributed by atoms with Gasteiger partial charge in [-0.2, -0.15) is 0 Å². The molecule has 0 aliphatic carbocycles. The smallest absolute Gasteiger partial charge is 0.336 e. The molecule has 88 valence electrons. The third kappa shape index (κ3) is 3.24. The molecule has 3 N–H and O–H groups in total. The van der Waals surface area contributed by atoms with Gasteiger partial charge in [-0.1, -0.05) is 36.4 Å². The molecule has 0 saturated carbocycles. The van der Waals surface area contributed by atoms with E-state index in [1.807, 2.05) is 30.3 Å². The molecule has 0 heterocycles. The van der Waals surface area contributed by atoms with Crippen LogP contribution in [0.2, 0.25) is 0 Å². The van der Waals surface area contributed by atoms with Gasteiger partial charge in [0, 0.05) is 0 Å². The molecule has 0 unspecified atom stereocenters. The Morgan fingerprint density at radius 3 is 2.12 bits per heavy atom. The quantitative estimate of drug-likeness (QED) is 0.660. The van der Waals surface area contributed by atoms with Gasteiger partial charge in [-0.3, -0.25) is 0 Å². The molecule has 0 aromatic heterocycles. The predicted octanol–water partition coefficient (Wildman–Crippen LogP) is 3.11. The van der Waals surface area contributed by atoms with Crippen molar-refractivity contribution in [3.05, 3.63) is 60.6 Å². The van der Waals surface area contributed by atoms with Crippen molar-refractivity contribution in [2.75, 3.05) is 0 Å². The first kappa shape index (κ1) is 12.6. The lowest BCUT2D eigenvalue weighted by molar-refractivity contribution is 0.0699. The van der Waals surface area contributed by atoms with E-state index in [4.69, 9.17) is 15.3 Å². The summed E-state index contributed by atoms with van der Waals surface area (Å²) in [5.74, 6) is -0.878. The van der Waals surface area contributed by atoms with Gasteiger partial charge in [0.15, 0.2) is 0 Å². The Kier molecular flexibility index (Phi) is 4.57. The first-order chi connectivity index (χ1) is 8.20. The number of fused-ring (bicyclic) bond motifs is 1. The van der Waals surface area contributed by atoms with Crippen molar-refractivity contribution in [2.24, 2.45) is 0 Å². The molecule has 0 bridgehead atoms. The highest BCUT2D eigenvalue weighted by Crippen LogP contribution is 2.17. The van der Waals surface area contributed by atoms with Crippen LogP contribution in [-0.4, -0.2) is 21.3 Å². The minimum Gasteiger partial charge on any atom is -0.512 e. The lowest BCUT2D eigenvalue weighted by Gasteiger charge is -2.00. The number of carboxylic acids is 1. The Bertz CT molecular complexity index is 522. The fourth-order valence-corrected chi connectivity index (χ4v) is 1.41. The van der Waals surface area contributed by atoms with E-state index < -0.39 is 5.97 Å². The summed E-state index contributed by atoms with van der Waals surface area (Å²) in [7, 11) is 0. The largest absolute Gasteiger partial charge is 0.512 e. The van der Waals surface area contributed by atoms with Gasteiger partial charge in [0.25, 0.3) is 0 Å². The van der Waals surface area contributed by atoms with Crippen LogP contribution in [0, 0.1) is 0 Å². The normalized spacial score (nSPS) is 9.88. The van der Waals surface area contributed by atoms with Gasteiger partial charge in [-0.05, 0) is 16.8 Å². The molecule has 0 radical (unpaired) electrons. The molecule has 17 heavy (non-hydrogen) atoms. The third-order valence-corrected chi connectivity index (χ3v) is 2.09. The summed E-state index contributed by atoms with van der Waals surface area (Å²) in [5.41, 5.74) is 0.359. The fraction of sp³-hybridized carbons (Fsp3) is 0. The Labute approximate surface area is 98.1 Å². The fourth-order valence-electron chi connectivity index (χ4n) is 1.41. The van der Waals surface area contributed by atoms with E-state index in [1.54, 1.807) is 12.1 Å². The van der Waals surface area contributed by atoms with Crippen LogP contribution in [0.1, 0.15) is 10.4 Å². The van der Waals surface area contributed by atoms with Crippen LogP contribution in [0.4, 0.5) is 0 Å². The summed E-state index contributed by atoms with van der Waals surface area (Å²) in [6, 6.07) is 12.7. The highest BCUT2D eigenvalue weighted by Gasteiger charge is 2.05. The lowest BCUT2D eigenvalue weighted by Crippen LogP contribution is -1.96. The standard InChI is InChI=1S/C11H8O2.C2H4O2/c12-11(13)10-7-3-5-8-4-1-2-6-9(8)10;3-1-2-4/h1-7H,(H,12,13);1-4H. The number of aliphatic hydroxyl groups is 2. The van der Waals surface area contributed by atoms with E-state index in [1.165, 1.54) is 0 Å². The molecule has 2 rings (SSSR count). The molecular formula is C13H12O4. The third-order valence-electron chi connectivity index (χ3n) is 2.09. The van der Waals surface area contributed by atoms with Gasteiger partial charge in [0.1, 0.15) is 12.5 Å². The monoisotopic (exact) mass is 232 g/mol. The van der Waals surface area contributed by atoms with E-state index in [-0.39, 0.29) is 0 Å². The molecule has 0 saturated heterocycles. The second-order valence-corrected chi connectivity index (χ2v) is 3.13. The van der Waals surface area contributed by atoms with Crippen LogP contribution in [0.5, 0.6) is 0 Å². The minimum atomic E-state index is -0.878. The molecule has 4 nitrogen and oxygen atoms in total. The summed E-state index contributed by atoms with van der Waals surface area (Å²) in [6.07, 6.45) is 1.11. The maximum absolute atomic E-state index is 10.8. The number of hydrogen-bond acceptors (Lipinski definition) is 3. The zero-order valence-electron chi connectivity index (χ0n) is 8.95. The van der Waals surface area contributed by atoms with Gasteiger partial charge in [-0.15, -0.1) is 0 Å². The summed E-state index contributed by atoms with van der Waals surface area (Å²) in [6.45, 7) is 0. The number of aromatic carboxylic acids is 1. The Hall–Kier alpha value is -2.49. The van der Waals surface area contributed by atoms with Crippen LogP contribution in [0.15, 0.2) is 55.0 Å². The van der Waals surface area contributed by atoms with Crippen molar-refractivity contribution in [3.8, 4) is 0 Å². The highest BCUT2D eigenvalue weighted by atomic mass is 16.4. The zero-order valence-corrected chi connectivity index (χ0v) is 8.95. The summed E-state index contributed by atoms with van der Waals surface area (Å²) < 4.78 is 0. The molecule has 0 aliphatic rings. The maximum atomic E-state index is 10.8. The summed E-state index contributed by atoms with van der Waals surface area (Å²) in [5, 5.41) is 25.5. The van der Waals surface area contributed by atoms with Gasteiger partial charge >= 0.3 is 5.97 Å². The van der Waals surface area contributed by atoms with E-state index >= 15 is 0 Å². The van der Waals surface area contributed by atoms with Crippen LogP contribution in [0.3, 0.4) is 0 Å². The topological polar surface area (TPSA) is 77.8 Å². The second-order valence-electron chi connectivity index (χ2n) is 3.13. The maximum Gasteiger partial charge on any atom is 0.336 e. The number of aliphatic hydroxyl groups excluding tert-OH is 2. The summed E-state index contributed by atoms with van der Waals surface area (Å²) in [4.78, 5) is 10.8. The number of carboxylic acid groups (broad SMARTS) is 1. The van der Waals surface area contributed by atoms with Crippen LogP contribution in [0.25, 0.3) is 10.8 Å². The Morgan fingerprint density at radius 2 is 1.53 bits per heavy atom. The molecule has 0 amide bonds. The molecule has 0 spiro atoms. The highest BCUT2D eigenvalue weighted by molar-refractivity contribution is 6.03. The van der Waals surface area contributed by atoms with Gasteiger partial charge in [-0.25, -0.2) is 4.79 Å². The molecule has 0 fully saturated rings. The van der Waals surface area contributed by atoms with Crippen LogP contribution >= 0.6 is 0 Å². The van der Waals surface area contributed by atoms with E-state index in [0.29, 0.717) is 18.1 Å². The van der Waals surface area contributed by atoms with Crippen LogP contribution < -0.4 is 0 Å². The van der Waals surface area contributed by atoms with Crippen molar-refractivity contribution < 1.29 is 20.1 Å². The first-order valence-electron chi connectivity index (χ1n) is 4.85. The Balaban J connectivity index is 0.000000317. The zero-order chi connectivity index (χ0) is 12.7. The Morgan fingerprint density at radius 1 is 0.941 bits per heavy atom. The molecule has 4 heteroatoms. The number of rotatable bonds is 1. The second kappa shape index (κ2) is 6.17. The van der Waals surface area contributed by atoms with Gasteiger partial charge in [0.2, 0.25) is 0 Å². The average Bonchev–Trinajstić information content (AvgIpc) is 2.38. The SMILES string of the molecule is O=C(O)c1cccc2ccccc12.OC=CO. The van der Waals surface area contributed by atoms with E-state index in [9.17, 15) is 4.79 Å². The molecule has 2 aromatic carbocycles. The van der Waals surface area contributed by atoms with E-state index in [2.05, 4.69) is 0 Å². The van der Waals surface area contributed by atoms with Crippen LogP contribution in [-0.2, 0) is 0 Å². The number of benzene rings is 2.